The van der Waals surface area contributed by atoms with Gasteiger partial charge in [0.15, 0.2) is 0 Å². The molecular formula is C21H23FN4O4. The number of nitro benzene ring substituents is 1. The number of nitrogens with zero attached hydrogens (tertiary/aromatic N) is 3. The highest BCUT2D eigenvalue weighted by Crippen LogP contribution is 2.31. The van der Waals surface area contributed by atoms with Gasteiger partial charge in [0.1, 0.15) is 11.5 Å². The molecule has 0 saturated carbocycles. The molecule has 1 N–H and O–H groups in total. The number of hydrogen-bond donors (Lipinski definition) is 1. The molecule has 30 heavy (non-hydrogen) atoms. The summed E-state index contributed by atoms with van der Waals surface area (Å²) in [5.74, 6) is -1.14. The Hall–Kier alpha value is -3.49. The second-order valence-electron chi connectivity index (χ2n) is 7.26. The van der Waals surface area contributed by atoms with Crippen LogP contribution in [0.5, 0.6) is 0 Å². The number of halogens is 1. The number of nitro groups is 1. The monoisotopic (exact) mass is 414 g/mol. The molecule has 0 spiro atoms. The van der Waals surface area contributed by atoms with Gasteiger partial charge in [-0.2, -0.15) is 0 Å². The van der Waals surface area contributed by atoms with E-state index in [0.717, 1.165) is 0 Å². The average Bonchev–Trinajstić information content (AvgIpc) is 2.75. The Balaban J connectivity index is 1.52. The second-order valence-corrected chi connectivity index (χ2v) is 7.26. The van der Waals surface area contributed by atoms with Crippen molar-refractivity contribution in [1.29, 1.82) is 0 Å². The lowest BCUT2D eigenvalue weighted by atomic mass is 9.95. The van der Waals surface area contributed by atoms with E-state index in [-0.39, 0.29) is 30.0 Å². The molecule has 1 aliphatic rings. The Kier molecular flexibility index (Phi) is 6.61. The van der Waals surface area contributed by atoms with Crippen LogP contribution < -0.4 is 10.2 Å². The molecule has 8 nitrogen and oxygen atoms in total. The van der Waals surface area contributed by atoms with E-state index in [4.69, 9.17) is 0 Å². The number of anilines is 2. The summed E-state index contributed by atoms with van der Waals surface area (Å²) in [6, 6.07) is 12.0. The Morgan fingerprint density at radius 2 is 1.80 bits per heavy atom. The molecule has 3 rings (SSSR count). The van der Waals surface area contributed by atoms with E-state index >= 15 is 0 Å². The van der Waals surface area contributed by atoms with Gasteiger partial charge in [0.2, 0.25) is 11.8 Å². The topological polar surface area (TPSA) is 95.8 Å². The number of likely N-dealkylation sites (N-methyl/N-ethyl adjacent to an activating group) is 1. The van der Waals surface area contributed by atoms with Crippen molar-refractivity contribution in [2.45, 2.75) is 12.8 Å². The molecule has 1 saturated heterocycles. The van der Waals surface area contributed by atoms with Crippen LogP contribution in [0.25, 0.3) is 0 Å². The van der Waals surface area contributed by atoms with Gasteiger partial charge in [0, 0.05) is 37.8 Å². The van der Waals surface area contributed by atoms with Crippen LogP contribution in [0.4, 0.5) is 21.5 Å². The van der Waals surface area contributed by atoms with Crippen LogP contribution in [0.15, 0.2) is 48.5 Å². The molecule has 0 aliphatic carbocycles. The fraction of sp³-hybridized carbons (Fsp3) is 0.333. The van der Waals surface area contributed by atoms with Crippen LogP contribution in [-0.4, -0.2) is 48.3 Å². The van der Waals surface area contributed by atoms with Gasteiger partial charge < -0.3 is 15.1 Å². The summed E-state index contributed by atoms with van der Waals surface area (Å²) in [7, 11) is 1.57. The van der Waals surface area contributed by atoms with Crippen LogP contribution in [0.3, 0.4) is 0 Å². The number of carbonyl (C=O) groups is 2. The first kappa shape index (κ1) is 21.2. The SMILES string of the molecule is CN(CC(=O)Nc1ccc(F)cc1)C(=O)C1CCN(c2ccccc2[N+](=O)[O-])CC1. The van der Waals surface area contributed by atoms with Crippen molar-refractivity contribution in [3.8, 4) is 0 Å². The Morgan fingerprint density at radius 3 is 2.43 bits per heavy atom. The van der Waals surface area contributed by atoms with Crippen LogP contribution in [0.2, 0.25) is 0 Å². The lowest BCUT2D eigenvalue weighted by molar-refractivity contribution is -0.384. The average molecular weight is 414 g/mol. The van der Waals surface area contributed by atoms with Crippen LogP contribution >= 0.6 is 0 Å². The van der Waals surface area contributed by atoms with E-state index < -0.39 is 10.7 Å². The lowest BCUT2D eigenvalue weighted by Gasteiger charge is -2.34. The highest BCUT2D eigenvalue weighted by atomic mass is 19.1. The van der Waals surface area contributed by atoms with Crippen LogP contribution in [0.1, 0.15) is 12.8 Å². The van der Waals surface area contributed by atoms with Crippen molar-refractivity contribution in [3.05, 3.63) is 64.5 Å². The number of amides is 2. The first-order valence-electron chi connectivity index (χ1n) is 9.64. The minimum Gasteiger partial charge on any atom is -0.366 e. The summed E-state index contributed by atoms with van der Waals surface area (Å²) in [5, 5.41) is 13.9. The molecule has 1 fully saturated rings. The number of hydrogen-bond acceptors (Lipinski definition) is 5. The molecule has 0 radical (unpaired) electrons. The van der Waals surface area contributed by atoms with E-state index in [2.05, 4.69) is 5.32 Å². The zero-order valence-corrected chi connectivity index (χ0v) is 16.6. The Morgan fingerprint density at radius 1 is 1.17 bits per heavy atom. The van der Waals surface area contributed by atoms with Gasteiger partial charge in [-0.1, -0.05) is 12.1 Å². The molecule has 2 amide bonds. The van der Waals surface area contributed by atoms with Crippen molar-refractivity contribution in [2.75, 3.05) is 36.9 Å². The van der Waals surface area contributed by atoms with Gasteiger partial charge in [-0.05, 0) is 43.2 Å². The summed E-state index contributed by atoms with van der Waals surface area (Å²) < 4.78 is 12.9. The van der Waals surface area contributed by atoms with Gasteiger partial charge >= 0.3 is 0 Å². The van der Waals surface area contributed by atoms with Gasteiger partial charge in [0.25, 0.3) is 5.69 Å². The first-order chi connectivity index (χ1) is 14.3. The third-order valence-corrected chi connectivity index (χ3v) is 5.15. The van der Waals surface area contributed by atoms with E-state index in [9.17, 15) is 24.1 Å². The van der Waals surface area contributed by atoms with Gasteiger partial charge in [-0.3, -0.25) is 19.7 Å². The minimum absolute atomic E-state index is 0.0526. The van der Waals surface area contributed by atoms with Crippen LogP contribution in [0, 0.1) is 21.8 Å². The number of para-hydroxylation sites is 2. The maximum Gasteiger partial charge on any atom is 0.292 e. The lowest BCUT2D eigenvalue weighted by Crippen LogP contribution is -2.43. The van der Waals surface area contributed by atoms with Crippen molar-refractivity contribution in [1.82, 2.24) is 4.90 Å². The van der Waals surface area contributed by atoms with Crippen LogP contribution in [-0.2, 0) is 9.59 Å². The maximum absolute atomic E-state index is 12.9. The van der Waals surface area contributed by atoms with E-state index in [1.54, 1.807) is 25.2 Å². The molecule has 0 unspecified atom stereocenters. The van der Waals surface area contributed by atoms with Gasteiger partial charge in [0.05, 0.1) is 11.5 Å². The smallest absolute Gasteiger partial charge is 0.292 e. The predicted molar refractivity (Wildman–Crippen MR) is 111 cm³/mol. The molecule has 1 heterocycles. The van der Waals surface area contributed by atoms with Gasteiger partial charge in [-0.15, -0.1) is 0 Å². The van der Waals surface area contributed by atoms with Crippen molar-refractivity contribution in [3.63, 3.8) is 0 Å². The normalized spacial score (nSPS) is 14.3. The molecule has 9 heteroatoms. The molecule has 0 atom stereocenters. The summed E-state index contributed by atoms with van der Waals surface area (Å²) in [5.41, 5.74) is 1.07. The fourth-order valence-corrected chi connectivity index (χ4v) is 3.59. The summed E-state index contributed by atoms with van der Waals surface area (Å²) in [6.45, 7) is 0.939. The zero-order valence-electron chi connectivity index (χ0n) is 16.6. The number of nitrogens with one attached hydrogen (secondary N) is 1. The van der Waals surface area contributed by atoms with E-state index in [1.807, 2.05) is 4.90 Å². The summed E-state index contributed by atoms with van der Waals surface area (Å²) >= 11 is 0. The molecule has 0 aromatic heterocycles. The summed E-state index contributed by atoms with van der Waals surface area (Å²) in [4.78, 5) is 39.0. The molecular weight excluding hydrogens is 391 g/mol. The molecule has 1 aliphatic heterocycles. The largest absolute Gasteiger partial charge is 0.366 e. The Bertz CT molecular complexity index is 927. The number of piperidine rings is 1. The highest BCUT2D eigenvalue weighted by molar-refractivity contribution is 5.94. The third kappa shape index (κ3) is 5.11. The minimum atomic E-state index is -0.403. The molecule has 0 bridgehead atoms. The standard InChI is InChI=1S/C21H23FN4O4/c1-24(14-20(27)23-17-8-6-16(22)7-9-17)21(28)15-10-12-25(13-11-15)18-4-2-3-5-19(18)26(29)30/h2-9,15H,10-14H2,1H3,(H,23,27). The van der Waals surface area contributed by atoms with Crippen molar-refractivity contribution < 1.29 is 18.9 Å². The molecule has 158 valence electrons. The predicted octanol–water partition coefficient (Wildman–Crippen LogP) is 3.05. The number of benzene rings is 2. The highest BCUT2D eigenvalue weighted by Gasteiger charge is 2.30. The van der Waals surface area contributed by atoms with Crippen molar-refractivity contribution >= 4 is 28.9 Å². The Labute approximate surface area is 173 Å². The fourth-order valence-electron chi connectivity index (χ4n) is 3.59. The first-order valence-corrected chi connectivity index (χ1v) is 9.64. The second kappa shape index (κ2) is 9.34. The number of rotatable bonds is 6. The third-order valence-electron chi connectivity index (χ3n) is 5.15. The molecule has 2 aromatic rings. The van der Waals surface area contributed by atoms with Crippen molar-refractivity contribution in [2.24, 2.45) is 5.92 Å². The zero-order chi connectivity index (χ0) is 21.7. The quantitative estimate of drug-likeness (QED) is 0.579. The molecule has 2 aromatic carbocycles. The van der Waals surface area contributed by atoms with E-state index in [0.29, 0.717) is 37.3 Å². The maximum atomic E-state index is 12.9. The van der Waals surface area contributed by atoms with Gasteiger partial charge in [-0.25, -0.2) is 4.39 Å². The van der Waals surface area contributed by atoms with E-state index in [1.165, 1.54) is 35.2 Å². The number of carbonyl (C=O) groups excluding carboxylic acids is 2. The summed E-state index contributed by atoms with van der Waals surface area (Å²) in [6.07, 6.45) is 1.10.